The fourth-order valence-electron chi connectivity index (χ4n) is 3.16. The molecule has 4 rings (SSSR count). The molecule has 0 aliphatic heterocycles. The van der Waals surface area contributed by atoms with Gasteiger partial charge in [0.25, 0.3) is 5.91 Å². The number of nitrogens with zero attached hydrogens (tertiary/aromatic N) is 5. The van der Waals surface area contributed by atoms with E-state index >= 15 is 0 Å². The Morgan fingerprint density at radius 3 is 2.56 bits per heavy atom. The Bertz CT molecular complexity index is 1290. The smallest absolute Gasteiger partial charge is 0.278 e. The normalized spacial score (nSPS) is 11.4. The quantitative estimate of drug-likeness (QED) is 0.405. The lowest BCUT2D eigenvalue weighted by Gasteiger charge is -2.19. The molecule has 10 heteroatoms. The lowest BCUT2D eigenvalue weighted by Crippen LogP contribution is -2.15. The Hall–Kier alpha value is -3.72. The van der Waals surface area contributed by atoms with E-state index in [0.29, 0.717) is 16.3 Å². The van der Waals surface area contributed by atoms with Crippen molar-refractivity contribution >= 4 is 23.5 Å². The van der Waals surface area contributed by atoms with Crippen LogP contribution in [0.3, 0.4) is 0 Å². The zero-order valence-corrected chi connectivity index (χ0v) is 19.8. The molecule has 0 spiro atoms. The van der Waals surface area contributed by atoms with Gasteiger partial charge in [0.15, 0.2) is 12.4 Å². The van der Waals surface area contributed by atoms with Gasteiger partial charge in [0, 0.05) is 11.2 Å². The van der Waals surface area contributed by atoms with Crippen molar-refractivity contribution in [1.82, 2.24) is 24.5 Å². The third-order valence-corrected chi connectivity index (χ3v) is 5.42. The lowest BCUT2D eigenvalue weighted by molar-refractivity contribution is 0.101. The highest BCUT2D eigenvalue weighted by Gasteiger charge is 2.14. The molecule has 8 nitrogen and oxygen atoms in total. The first kappa shape index (κ1) is 23.4. The fraction of sp³-hybridized carbons (Fsp3) is 0.250. The maximum atomic E-state index is 13.2. The number of anilines is 1. The summed E-state index contributed by atoms with van der Waals surface area (Å²) in [5.41, 5.74) is 2.17. The molecule has 0 aliphatic carbocycles. The average molecular weight is 483 g/mol. The molecule has 0 aliphatic rings. The van der Waals surface area contributed by atoms with Crippen LogP contribution in [0.1, 0.15) is 42.4 Å². The fourth-order valence-corrected chi connectivity index (χ4v) is 3.39. The van der Waals surface area contributed by atoms with Gasteiger partial charge in [-0.15, -0.1) is 5.10 Å². The Kier molecular flexibility index (Phi) is 6.65. The molecule has 1 N–H and O–H groups in total. The third kappa shape index (κ3) is 5.79. The van der Waals surface area contributed by atoms with Crippen molar-refractivity contribution in [2.75, 3.05) is 5.32 Å². The number of carbonyl (C=O) groups is 1. The number of ether oxygens (including phenoxy) is 1. The van der Waals surface area contributed by atoms with Crippen LogP contribution in [-0.4, -0.2) is 30.5 Å². The van der Waals surface area contributed by atoms with Crippen molar-refractivity contribution in [3.8, 4) is 5.75 Å². The van der Waals surface area contributed by atoms with Gasteiger partial charge in [0.2, 0.25) is 5.95 Å². The Balaban J connectivity index is 1.32. The van der Waals surface area contributed by atoms with Crippen molar-refractivity contribution in [1.29, 1.82) is 0 Å². The number of nitrogens with one attached hydrogen (secondary N) is 1. The molecule has 0 atom stereocenters. The predicted octanol–water partition coefficient (Wildman–Crippen LogP) is 4.90. The van der Waals surface area contributed by atoms with Crippen molar-refractivity contribution < 1.29 is 13.9 Å². The molecule has 0 bridgehead atoms. The van der Waals surface area contributed by atoms with Crippen LogP contribution in [0.4, 0.5) is 10.3 Å². The van der Waals surface area contributed by atoms with Crippen LogP contribution < -0.4 is 10.1 Å². The second kappa shape index (κ2) is 9.64. The summed E-state index contributed by atoms with van der Waals surface area (Å²) < 4.78 is 22.0. The largest absolute Gasteiger partial charge is 0.471 e. The molecule has 0 saturated heterocycles. The maximum Gasteiger partial charge on any atom is 0.278 e. The first-order valence-electron chi connectivity index (χ1n) is 10.6. The molecule has 0 radical (unpaired) electrons. The number of rotatable bonds is 7. The summed E-state index contributed by atoms with van der Waals surface area (Å²) in [6.45, 7) is 6.90. The molecule has 2 aromatic carbocycles. The van der Waals surface area contributed by atoms with Crippen molar-refractivity contribution in [3.05, 3.63) is 88.7 Å². The summed E-state index contributed by atoms with van der Waals surface area (Å²) in [4.78, 5) is 16.6. The van der Waals surface area contributed by atoms with Crippen molar-refractivity contribution in [2.45, 2.75) is 39.5 Å². The summed E-state index contributed by atoms with van der Waals surface area (Å²) in [7, 11) is 0. The topological polar surface area (TPSA) is 86.9 Å². The molecule has 2 heterocycles. The molecule has 0 saturated carbocycles. The highest BCUT2D eigenvalue weighted by Crippen LogP contribution is 2.24. The molecule has 34 heavy (non-hydrogen) atoms. The highest BCUT2D eigenvalue weighted by atomic mass is 35.5. The van der Waals surface area contributed by atoms with E-state index in [1.807, 2.05) is 24.3 Å². The molecule has 2 aromatic heterocycles. The number of hydrogen-bond donors (Lipinski definition) is 1. The zero-order valence-electron chi connectivity index (χ0n) is 19.0. The van der Waals surface area contributed by atoms with Gasteiger partial charge in [0.1, 0.15) is 17.9 Å². The van der Waals surface area contributed by atoms with Gasteiger partial charge in [0.05, 0.1) is 6.54 Å². The van der Waals surface area contributed by atoms with Gasteiger partial charge in [-0.2, -0.15) is 5.10 Å². The van der Waals surface area contributed by atoms with E-state index in [2.05, 4.69) is 41.3 Å². The maximum absolute atomic E-state index is 13.2. The summed E-state index contributed by atoms with van der Waals surface area (Å²) in [6, 6.07) is 13.6. The molecule has 4 aromatic rings. The van der Waals surface area contributed by atoms with Gasteiger partial charge < -0.3 is 4.74 Å². The van der Waals surface area contributed by atoms with E-state index in [9.17, 15) is 9.18 Å². The van der Waals surface area contributed by atoms with Crippen LogP contribution >= 0.6 is 11.6 Å². The summed E-state index contributed by atoms with van der Waals surface area (Å²) in [5, 5.41) is 11.3. The summed E-state index contributed by atoms with van der Waals surface area (Å²) in [6.07, 6.45) is 3.10. The molecular formula is C24H24ClFN6O2. The first-order chi connectivity index (χ1) is 16.2. The third-order valence-electron chi connectivity index (χ3n) is 5.07. The second-order valence-electron chi connectivity index (χ2n) is 8.74. The number of hydrogen-bond acceptors (Lipinski definition) is 5. The first-order valence-corrected chi connectivity index (χ1v) is 11.0. The lowest BCUT2D eigenvalue weighted by atomic mass is 9.87. The number of aromatic nitrogens is 5. The van der Waals surface area contributed by atoms with E-state index < -0.39 is 11.7 Å². The van der Waals surface area contributed by atoms with Gasteiger partial charge in [-0.3, -0.25) is 10.1 Å². The van der Waals surface area contributed by atoms with Crippen molar-refractivity contribution in [2.24, 2.45) is 0 Å². The SMILES string of the molecule is CC(C)(C)c1ccc(OCn2ccc(C(=O)Nc3ncn(Cc4ccc(F)cc4Cl)n3)n2)cc1. The Labute approximate surface area is 201 Å². The van der Waals surface area contributed by atoms with E-state index in [1.165, 1.54) is 33.4 Å². The molecule has 0 fully saturated rings. The second-order valence-corrected chi connectivity index (χ2v) is 9.15. The molecular weight excluding hydrogens is 459 g/mol. The van der Waals surface area contributed by atoms with Crippen LogP contribution in [0.15, 0.2) is 61.1 Å². The van der Waals surface area contributed by atoms with Crippen LogP contribution in [-0.2, 0) is 18.7 Å². The number of amides is 1. The zero-order chi connectivity index (χ0) is 24.3. The van der Waals surface area contributed by atoms with Crippen LogP contribution in [0.5, 0.6) is 5.75 Å². The minimum Gasteiger partial charge on any atom is -0.471 e. The van der Waals surface area contributed by atoms with Crippen LogP contribution in [0.2, 0.25) is 5.02 Å². The number of halogens is 2. The molecule has 1 amide bonds. The molecule has 0 unspecified atom stereocenters. The van der Waals surface area contributed by atoms with E-state index in [4.69, 9.17) is 16.3 Å². The van der Waals surface area contributed by atoms with Gasteiger partial charge >= 0.3 is 0 Å². The monoisotopic (exact) mass is 482 g/mol. The molecule has 176 valence electrons. The van der Waals surface area contributed by atoms with Gasteiger partial charge in [-0.25, -0.2) is 18.7 Å². The minimum atomic E-state index is -0.453. The Morgan fingerprint density at radius 2 is 1.85 bits per heavy atom. The van der Waals surface area contributed by atoms with Crippen molar-refractivity contribution in [3.63, 3.8) is 0 Å². The van der Waals surface area contributed by atoms with E-state index in [1.54, 1.807) is 18.3 Å². The van der Waals surface area contributed by atoms with Gasteiger partial charge in [-0.1, -0.05) is 50.6 Å². The summed E-state index contributed by atoms with van der Waals surface area (Å²) in [5.74, 6) is -0.0344. The Morgan fingerprint density at radius 1 is 1.09 bits per heavy atom. The van der Waals surface area contributed by atoms with Crippen LogP contribution in [0, 0.1) is 5.82 Å². The van der Waals surface area contributed by atoms with Crippen LogP contribution in [0.25, 0.3) is 0 Å². The standard InChI is InChI=1S/C24H24ClFN6O2/c1-24(2,3)17-5-8-19(9-6-17)34-15-31-11-10-21(29-31)22(33)28-23-27-14-32(30-23)13-16-4-7-18(26)12-20(16)25/h4-12,14H,13,15H2,1-3H3,(H,28,30,33). The number of benzene rings is 2. The van der Waals surface area contributed by atoms with Gasteiger partial charge in [-0.05, 0) is 46.9 Å². The average Bonchev–Trinajstić information content (AvgIpc) is 3.43. The minimum absolute atomic E-state index is 0.0709. The highest BCUT2D eigenvalue weighted by molar-refractivity contribution is 6.31. The number of carbonyl (C=O) groups excluding carboxylic acids is 1. The van der Waals surface area contributed by atoms with E-state index in [0.717, 1.165) is 0 Å². The summed E-state index contributed by atoms with van der Waals surface area (Å²) >= 11 is 6.05. The predicted molar refractivity (Wildman–Crippen MR) is 126 cm³/mol. The van der Waals surface area contributed by atoms with E-state index in [-0.39, 0.29) is 30.3 Å².